The van der Waals surface area contributed by atoms with Gasteiger partial charge in [0.15, 0.2) is 0 Å². The predicted octanol–water partition coefficient (Wildman–Crippen LogP) is 3.65. The number of imide groups is 1. The van der Waals surface area contributed by atoms with Gasteiger partial charge in [-0.15, -0.1) is 11.3 Å². The van der Waals surface area contributed by atoms with Gasteiger partial charge in [-0.05, 0) is 56.7 Å². The quantitative estimate of drug-likeness (QED) is 0.386. The zero-order valence-corrected chi connectivity index (χ0v) is 15.0. The number of hydrogen-bond acceptors (Lipinski definition) is 5. The summed E-state index contributed by atoms with van der Waals surface area (Å²) in [6.45, 7) is 9.11. The van der Waals surface area contributed by atoms with Crippen LogP contribution in [0.5, 0.6) is 5.75 Å². The second-order valence-corrected chi connectivity index (χ2v) is 7.83. The smallest absolute Gasteiger partial charge is 0.316 e. The molecule has 25 heavy (non-hydrogen) atoms. The summed E-state index contributed by atoms with van der Waals surface area (Å²) in [5.74, 6) is -0.721. The second-order valence-electron chi connectivity index (χ2n) is 6.78. The van der Waals surface area contributed by atoms with Gasteiger partial charge in [-0.1, -0.05) is 6.58 Å². The van der Waals surface area contributed by atoms with Gasteiger partial charge in [-0.25, -0.2) is 0 Å². The van der Waals surface area contributed by atoms with Crippen molar-refractivity contribution in [1.82, 2.24) is 5.32 Å². The molecule has 5 nitrogen and oxygen atoms in total. The van der Waals surface area contributed by atoms with Gasteiger partial charge in [0.25, 0.3) is 11.8 Å². The third kappa shape index (κ3) is 3.25. The van der Waals surface area contributed by atoms with Crippen LogP contribution in [-0.2, 0) is 9.59 Å². The maximum Gasteiger partial charge on any atom is 0.316 e. The lowest BCUT2D eigenvalue weighted by molar-refractivity contribution is -0.143. The largest absolute Gasteiger partial charge is 0.426 e. The first-order chi connectivity index (χ1) is 11.7. The molecule has 1 aliphatic heterocycles. The molecule has 1 aliphatic rings. The van der Waals surface area contributed by atoms with Crippen LogP contribution in [0.15, 0.2) is 36.9 Å². The van der Waals surface area contributed by atoms with Crippen LogP contribution in [0.3, 0.4) is 0 Å². The number of benzene rings is 1. The molecule has 0 radical (unpaired) electrons. The number of hydrogen-bond donors (Lipinski definition) is 1. The van der Waals surface area contributed by atoms with E-state index in [-0.39, 0.29) is 5.97 Å². The molecular weight excluding hydrogens is 338 g/mol. The van der Waals surface area contributed by atoms with E-state index in [0.29, 0.717) is 21.8 Å². The van der Waals surface area contributed by atoms with E-state index in [4.69, 9.17) is 4.74 Å². The van der Waals surface area contributed by atoms with E-state index in [9.17, 15) is 14.4 Å². The number of carbonyl (C=O) groups is 3. The van der Waals surface area contributed by atoms with Gasteiger partial charge in [0.1, 0.15) is 5.75 Å². The van der Waals surface area contributed by atoms with Crippen molar-refractivity contribution in [3.05, 3.63) is 47.4 Å². The van der Waals surface area contributed by atoms with Crippen molar-refractivity contribution in [2.24, 2.45) is 5.41 Å². The Morgan fingerprint density at radius 1 is 1.12 bits per heavy atom. The lowest BCUT2D eigenvalue weighted by atomic mass is 9.97. The molecule has 128 valence electrons. The molecule has 0 spiro atoms. The topological polar surface area (TPSA) is 72.5 Å². The van der Waals surface area contributed by atoms with Crippen molar-refractivity contribution in [3.8, 4) is 16.2 Å². The first-order valence-corrected chi connectivity index (χ1v) is 8.50. The third-order valence-corrected chi connectivity index (χ3v) is 4.96. The van der Waals surface area contributed by atoms with Crippen LogP contribution >= 0.6 is 11.3 Å². The van der Waals surface area contributed by atoms with E-state index < -0.39 is 17.2 Å². The molecule has 0 fully saturated rings. The maximum absolute atomic E-state index is 11.9. The Kier molecular flexibility index (Phi) is 4.08. The van der Waals surface area contributed by atoms with E-state index in [1.165, 1.54) is 11.3 Å². The Balaban J connectivity index is 1.87. The van der Waals surface area contributed by atoms with Gasteiger partial charge in [-0.2, -0.15) is 0 Å². The van der Waals surface area contributed by atoms with Crippen LogP contribution in [-0.4, -0.2) is 17.8 Å². The zero-order valence-electron chi connectivity index (χ0n) is 14.1. The summed E-state index contributed by atoms with van der Waals surface area (Å²) in [7, 11) is 0. The lowest BCUT2D eigenvalue weighted by Crippen LogP contribution is -2.35. The molecule has 1 N–H and O–H groups in total. The number of carbonyl (C=O) groups excluding carboxylic acids is 3. The van der Waals surface area contributed by atoms with Crippen molar-refractivity contribution in [1.29, 1.82) is 0 Å². The Morgan fingerprint density at radius 2 is 1.76 bits per heavy atom. The number of ether oxygens (including phenoxy) is 1. The molecule has 3 rings (SSSR count). The highest BCUT2D eigenvalue weighted by atomic mass is 32.1. The highest BCUT2D eigenvalue weighted by Gasteiger charge is 2.29. The van der Waals surface area contributed by atoms with Gasteiger partial charge >= 0.3 is 5.97 Å². The molecule has 0 bridgehead atoms. The fourth-order valence-corrected chi connectivity index (χ4v) is 3.35. The number of amides is 2. The van der Waals surface area contributed by atoms with E-state index in [1.54, 1.807) is 39.0 Å². The zero-order chi connectivity index (χ0) is 18.4. The SMILES string of the molecule is C=C1C(=O)NC(=O)c2cc(-c3ccc(OC(=O)C(C)(C)C)cc3)sc21. The third-order valence-electron chi connectivity index (χ3n) is 3.71. The number of rotatable bonds is 2. The van der Waals surface area contributed by atoms with Gasteiger partial charge in [0, 0.05) is 4.88 Å². The minimum absolute atomic E-state index is 0.293. The summed E-state index contributed by atoms with van der Waals surface area (Å²) in [6.07, 6.45) is 0. The number of fused-ring (bicyclic) bond motifs is 1. The van der Waals surface area contributed by atoms with Crippen LogP contribution in [0.2, 0.25) is 0 Å². The molecular formula is C19H17NO4S. The predicted molar refractivity (Wildman–Crippen MR) is 96.4 cm³/mol. The number of thiophene rings is 1. The van der Waals surface area contributed by atoms with Crippen molar-refractivity contribution in [2.75, 3.05) is 0 Å². The van der Waals surface area contributed by atoms with Crippen molar-refractivity contribution in [3.63, 3.8) is 0 Å². The Hall–Kier alpha value is -2.73. The average Bonchev–Trinajstić information content (AvgIpc) is 2.98. The molecule has 2 heterocycles. The molecule has 2 amide bonds. The minimum atomic E-state index is -0.578. The van der Waals surface area contributed by atoms with Gasteiger partial charge in [0.2, 0.25) is 0 Å². The number of nitrogens with one attached hydrogen (secondary N) is 1. The van der Waals surface area contributed by atoms with Gasteiger partial charge in [0.05, 0.1) is 21.4 Å². The van der Waals surface area contributed by atoms with Gasteiger partial charge in [-0.3, -0.25) is 19.7 Å². The van der Waals surface area contributed by atoms with Crippen LogP contribution in [0.25, 0.3) is 16.0 Å². The maximum atomic E-state index is 11.9. The Morgan fingerprint density at radius 3 is 2.36 bits per heavy atom. The monoisotopic (exact) mass is 355 g/mol. The molecule has 0 saturated heterocycles. The van der Waals surface area contributed by atoms with Crippen LogP contribution in [0.1, 0.15) is 36.0 Å². The summed E-state index contributed by atoms with van der Waals surface area (Å²) in [6, 6.07) is 8.77. The fraction of sp³-hybridized carbons (Fsp3) is 0.211. The minimum Gasteiger partial charge on any atom is -0.426 e. The summed E-state index contributed by atoms with van der Waals surface area (Å²) >= 11 is 1.34. The van der Waals surface area contributed by atoms with Crippen molar-refractivity contribution in [2.45, 2.75) is 20.8 Å². The van der Waals surface area contributed by atoms with Gasteiger partial charge < -0.3 is 4.74 Å². The lowest BCUT2D eigenvalue weighted by Gasteiger charge is -2.16. The molecule has 1 aromatic carbocycles. The molecule has 0 saturated carbocycles. The van der Waals surface area contributed by atoms with E-state index >= 15 is 0 Å². The summed E-state index contributed by atoms with van der Waals surface area (Å²) in [5, 5.41) is 2.27. The molecule has 0 aliphatic carbocycles. The summed E-state index contributed by atoms with van der Waals surface area (Å²) in [4.78, 5) is 36.9. The van der Waals surface area contributed by atoms with E-state index in [2.05, 4.69) is 11.9 Å². The van der Waals surface area contributed by atoms with Crippen molar-refractivity contribution >= 4 is 34.7 Å². The molecule has 0 atom stereocenters. The van der Waals surface area contributed by atoms with Crippen molar-refractivity contribution < 1.29 is 19.1 Å². The van der Waals surface area contributed by atoms with Crippen LogP contribution < -0.4 is 10.1 Å². The normalized spacial score (nSPS) is 14.1. The average molecular weight is 355 g/mol. The molecule has 2 aromatic rings. The fourth-order valence-electron chi connectivity index (χ4n) is 2.22. The highest BCUT2D eigenvalue weighted by molar-refractivity contribution is 7.17. The highest BCUT2D eigenvalue weighted by Crippen LogP contribution is 2.37. The summed E-state index contributed by atoms with van der Waals surface area (Å²) in [5.41, 5.74) is 1.03. The van der Waals surface area contributed by atoms with E-state index in [1.807, 2.05) is 12.1 Å². The molecule has 6 heteroatoms. The number of esters is 1. The molecule has 0 unspecified atom stereocenters. The first kappa shape index (κ1) is 17.1. The first-order valence-electron chi connectivity index (χ1n) is 7.68. The van der Waals surface area contributed by atoms with Crippen LogP contribution in [0.4, 0.5) is 0 Å². The molecule has 1 aromatic heterocycles. The Bertz CT molecular complexity index is 900. The standard InChI is InChI=1S/C19H17NO4S/c1-10-15-13(17(22)20-16(10)21)9-14(25-15)11-5-7-12(8-6-11)24-18(23)19(2,3)4/h5-9H,1H2,2-4H3,(H,20,21,22). The Labute approximate surface area is 149 Å². The second kappa shape index (κ2) is 5.97. The van der Waals surface area contributed by atoms with E-state index in [0.717, 1.165) is 10.4 Å². The van der Waals surface area contributed by atoms with Crippen LogP contribution in [0, 0.1) is 5.41 Å². The summed E-state index contributed by atoms with van der Waals surface area (Å²) < 4.78 is 5.34.